The number of ether oxygens (including phenoxy) is 2. The molecule has 0 bridgehead atoms. The van der Waals surface area contributed by atoms with E-state index in [2.05, 4.69) is 10.3 Å². The SMILES string of the molecule is O=C(NCCc1ccc2c(c1)OCO2)c1cc(Cl)c(Cl)[nH]1. The first kappa shape index (κ1) is 14.1. The molecule has 0 aliphatic carbocycles. The Hall–Kier alpha value is -1.85. The first-order chi connectivity index (χ1) is 10.1. The van der Waals surface area contributed by atoms with E-state index in [-0.39, 0.29) is 17.9 Å². The van der Waals surface area contributed by atoms with Gasteiger partial charge in [0.2, 0.25) is 6.79 Å². The zero-order chi connectivity index (χ0) is 14.8. The molecule has 0 atom stereocenters. The summed E-state index contributed by atoms with van der Waals surface area (Å²) in [6.45, 7) is 0.747. The first-order valence-electron chi connectivity index (χ1n) is 6.34. The third-order valence-corrected chi connectivity index (χ3v) is 3.80. The van der Waals surface area contributed by atoms with Gasteiger partial charge >= 0.3 is 0 Å². The Morgan fingerprint density at radius 1 is 1.24 bits per heavy atom. The Morgan fingerprint density at radius 3 is 2.81 bits per heavy atom. The standard InChI is InChI=1S/C14H12Cl2N2O3/c15-9-6-10(18-13(9)16)14(19)17-4-3-8-1-2-11-12(5-8)21-7-20-11/h1-2,5-6,18H,3-4,7H2,(H,17,19). The fraction of sp³-hybridized carbons (Fsp3) is 0.214. The highest BCUT2D eigenvalue weighted by Crippen LogP contribution is 2.32. The molecule has 5 nitrogen and oxygen atoms in total. The van der Waals surface area contributed by atoms with Crippen LogP contribution < -0.4 is 14.8 Å². The van der Waals surface area contributed by atoms with Crippen molar-refractivity contribution < 1.29 is 14.3 Å². The van der Waals surface area contributed by atoms with Crippen LogP contribution in [0.3, 0.4) is 0 Å². The third kappa shape index (κ3) is 3.09. The van der Waals surface area contributed by atoms with Crippen LogP contribution in [0.4, 0.5) is 0 Å². The van der Waals surface area contributed by atoms with Crippen molar-refractivity contribution >= 4 is 29.1 Å². The highest BCUT2D eigenvalue weighted by atomic mass is 35.5. The minimum Gasteiger partial charge on any atom is -0.454 e. The van der Waals surface area contributed by atoms with Crippen molar-refractivity contribution in [3.63, 3.8) is 0 Å². The molecule has 0 saturated carbocycles. The molecule has 0 unspecified atom stereocenters. The minimum atomic E-state index is -0.246. The Kier molecular flexibility index (Phi) is 3.94. The van der Waals surface area contributed by atoms with Gasteiger partial charge in [-0.3, -0.25) is 4.79 Å². The highest BCUT2D eigenvalue weighted by molar-refractivity contribution is 6.41. The quantitative estimate of drug-likeness (QED) is 0.907. The van der Waals surface area contributed by atoms with Crippen molar-refractivity contribution in [2.24, 2.45) is 0 Å². The van der Waals surface area contributed by atoms with Crippen LogP contribution in [0.2, 0.25) is 10.2 Å². The number of H-pyrrole nitrogens is 1. The number of hydrogen-bond donors (Lipinski definition) is 2. The summed E-state index contributed by atoms with van der Waals surface area (Å²) in [5, 5.41) is 3.39. The van der Waals surface area contributed by atoms with E-state index in [1.165, 1.54) is 6.07 Å². The van der Waals surface area contributed by atoms with Gasteiger partial charge in [0.25, 0.3) is 5.91 Å². The molecule has 21 heavy (non-hydrogen) atoms. The number of rotatable bonds is 4. The summed E-state index contributed by atoms with van der Waals surface area (Å²) in [6.07, 6.45) is 0.685. The fourth-order valence-electron chi connectivity index (χ4n) is 2.04. The normalized spacial score (nSPS) is 12.5. The lowest BCUT2D eigenvalue weighted by Gasteiger charge is -2.05. The number of aromatic amines is 1. The lowest BCUT2D eigenvalue weighted by Crippen LogP contribution is -2.25. The maximum Gasteiger partial charge on any atom is 0.267 e. The van der Waals surface area contributed by atoms with E-state index < -0.39 is 0 Å². The number of carbonyl (C=O) groups excluding carboxylic acids is 1. The summed E-state index contributed by atoms with van der Waals surface area (Å²) in [7, 11) is 0. The maximum atomic E-state index is 11.9. The van der Waals surface area contributed by atoms with Gasteiger partial charge in [0, 0.05) is 6.54 Å². The molecule has 3 rings (SSSR count). The van der Waals surface area contributed by atoms with Crippen LogP contribution in [0.5, 0.6) is 11.5 Å². The highest BCUT2D eigenvalue weighted by Gasteiger charge is 2.14. The summed E-state index contributed by atoms with van der Waals surface area (Å²) in [5.41, 5.74) is 1.40. The van der Waals surface area contributed by atoms with E-state index in [1.54, 1.807) is 0 Å². The summed E-state index contributed by atoms with van der Waals surface area (Å²) >= 11 is 11.6. The molecule has 0 fully saturated rings. The predicted molar refractivity (Wildman–Crippen MR) is 79.4 cm³/mol. The molecule has 2 aromatic rings. The largest absolute Gasteiger partial charge is 0.454 e. The van der Waals surface area contributed by atoms with Gasteiger partial charge in [0.15, 0.2) is 11.5 Å². The van der Waals surface area contributed by atoms with Crippen LogP contribution in [0.1, 0.15) is 16.1 Å². The summed E-state index contributed by atoms with van der Waals surface area (Å²) in [5.74, 6) is 1.24. The lowest BCUT2D eigenvalue weighted by molar-refractivity contribution is 0.0950. The zero-order valence-corrected chi connectivity index (χ0v) is 12.4. The molecule has 1 aromatic heterocycles. The van der Waals surface area contributed by atoms with Gasteiger partial charge in [-0.1, -0.05) is 29.3 Å². The van der Waals surface area contributed by atoms with Crippen molar-refractivity contribution in [3.05, 3.63) is 45.7 Å². The minimum absolute atomic E-state index is 0.246. The van der Waals surface area contributed by atoms with Gasteiger partial charge in [0.05, 0.1) is 5.02 Å². The number of nitrogens with one attached hydrogen (secondary N) is 2. The van der Waals surface area contributed by atoms with E-state index in [0.717, 1.165) is 17.1 Å². The lowest BCUT2D eigenvalue weighted by atomic mass is 10.1. The molecule has 2 heterocycles. The number of aromatic nitrogens is 1. The smallest absolute Gasteiger partial charge is 0.267 e. The molecule has 110 valence electrons. The van der Waals surface area contributed by atoms with Gasteiger partial charge in [0.1, 0.15) is 10.8 Å². The van der Waals surface area contributed by atoms with E-state index in [1.807, 2.05) is 18.2 Å². The Morgan fingerprint density at radius 2 is 2.05 bits per heavy atom. The molecule has 1 aliphatic heterocycles. The predicted octanol–water partition coefficient (Wildman–Crippen LogP) is 3.02. The van der Waals surface area contributed by atoms with E-state index >= 15 is 0 Å². The molecule has 2 N–H and O–H groups in total. The molecule has 1 aromatic carbocycles. The monoisotopic (exact) mass is 326 g/mol. The van der Waals surface area contributed by atoms with Crippen molar-refractivity contribution in [1.29, 1.82) is 0 Å². The number of hydrogen-bond acceptors (Lipinski definition) is 3. The van der Waals surface area contributed by atoms with E-state index in [9.17, 15) is 4.79 Å². The van der Waals surface area contributed by atoms with Crippen LogP contribution >= 0.6 is 23.2 Å². The van der Waals surface area contributed by atoms with Crippen LogP contribution in [0, 0.1) is 0 Å². The number of benzene rings is 1. The van der Waals surface area contributed by atoms with E-state index in [0.29, 0.717) is 23.7 Å². The van der Waals surface area contributed by atoms with Crippen LogP contribution in [0.15, 0.2) is 24.3 Å². The van der Waals surface area contributed by atoms with Crippen LogP contribution in [-0.4, -0.2) is 24.2 Å². The molecular weight excluding hydrogens is 315 g/mol. The number of carbonyl (C=O) groups is 1. The van der Waals surface area contributed by atoms with Gasteiger partial charge in [-0.05, 0) is 30.2 Å². The summed E-state index contributed by atoms with van der Waals surface area (Å²) in [4.78, 5) is 14.6. The van der Waals surface area contributed by atoms with Gasteiger partial charge in [-0.15, -0.1) is 0 Å². The topological polar surface area (TPSA) is 63.4 Å². The average Bonchev–Trinajstić information content (AvgIpc) is 3.05. The maximum absolute atomic E-state index is 11.9. The van der Waals surface area contributed by atoms with Crippen molar-refractivity contribution in [2.75, 3.05) is 13.3 Å². The second kappa shape index (κ2) is 5.87. The van der Waals surface area contributed by atoms with Crippen molar-refractivity contribution in [3.8, 4) is 11.5 Å². The van der Waals surface area contributed by atoms with Crippen molar-refractivity contribution in [1.82, 2.24) is 10.3 Å². The Balaban J connectivity index is 1.55. The molecule has 1 amide bonds. The molecule has 0 spiro atoms. The molecule has 7 heteroatoms. The number of halogens is 2. The number of fused-ring (bicyclic) bond motifs is 1. The second-order valence-corrected chi connectivity index (χ2v) is 5.32. The molecule has 0 radical (unpaired) electrons. The molecule has 1 aliphatic rings. The van der Waals surface area contributed by atoms with Crippen LogP contribution in [-0.2, 0) is 6.42 Å². The fourth-order valence-corrected chi connectivity index (χ4v) is 2.35. The van der Waals surface area contributed by atoms with Gasteiger partial charge in [-0.25, -0.2) is 0 Å². The first-order valence-corrected chi connectivity index (χ1v) is 7.10. The second-order valence-electron chi connectivity index (χ2n) is 4.54. The van der Waals surface area contributed by atoms with Gasteiger partial charge in [-0.2, -0.15) is 0 Å². The summed E-state index contributed by atoms with van der Waals surface area (Å²) < 4.78 is 10.6. The van der Waals surface area contributed by atoms with Crippen LogP contribution in [0.25, 0.3) is 0 Å². The Labute approximate surface area is 131 Å². The number of amides is 1. The average molecular weight is 327 g/mol. The third-order valence-electron chi connectivity index (χ3n) is 3.11. The van der Waals surface area contributed by atoms with Crippen molar-refractivity contribution in [2.45, 2.75) is 6.42 Å². The zero-order valence-electron chi connectivity index (χ0n) is 10.9. The summed E-state index contributed by atoms with van der Waals surface area (Å²) in [6, 6.07) is 7.22. The molecular formula is C14H12Cl2N2O3. The van der Waals surface area contributed by atoms with E-state index in [4.69, 9.17) is 32.7 Å². The van der Waals surface area contributed by atoms with Gasteiger partial charge < -0.3 is 19.8 Å². The molecule has 0 saturated heterocycles. The Bertz CT molecular complexity index is 665.